The van der Waals surface area contributed by atoms with Crippen LogP contribution in [0.25, 0.3) is 0 Å². The van der Waals surface area contributed by atoms with Gasteiger partial charge in [0.05, 0.1) is 0 Å². The minimum atomic E-state index is -0.833. The number of carboxylic acid groups (broad SMARTS) is 1. The van der Waals surface area contributed by atoms with Crippen LogP contribution in [-0.4, -0.2) is 45.6 Å². The van der Waals surface area contributed by atoms with Gasteiger partial charge in [-0.3, -0.25) is 9.78 Å². The number of rotatable bonds is 0. The third-order valence-electron chi connectivity index (χ3n) is 0.566. The van der Waals surface area contributed by atoms with Crippen LogP contribution in [0.5, 0.6) is 0 Å². The van der Waals surface area contributed by atoms with Crippen molar-refractivity contribution in [1.82, 2.24) is 4.98 Å². The predicted octanol–water partition coefficient (Wildman–Crippen LogP) is 0.524. The second-order valence-electron chi connectivity index (χ2n) is 1.54. The van der Waals surface area contributed by atoms with Gasteiger partial charge in [-0.05, 0) is 12.1 Å². The number of carbonyl (C=O) groups is 1. The fourth-order valence-electron chi connectivity index (χ4n) is 0.313. The second kappa shape index (κ2) is 9.62. The number of nitrogens with zero attached hydrogens (tertiary/aromatic N) is 1. The van der Waals surface area contributed by atoms with Gasteiger partial charge < -0.3 is 5.11 Å². The molecule has 0 radical (unpaired) electrons. The molecule has 11 heavy (non-hydrogen) atoms. The number of carboxylic acids is 1. The zero-order valence-electron chi connectivity index (χ0n) is 5.69. The van der Waals surface area contributed by atoms with Crippen LogP contribution >= 0.6 is 0 Å². The molecule has 0 aliphatic heterocycles. The molecule has 0 unspecified atom stereocenters. The summed E-state index contributed by atoms with van der Waals surface area (Å²) in [4.78, 5) is 12.8. The molecule has 1 rings (SSSR count). The van der Waals surface area contributed by atoms with E-state index in [0.29, 0.717) is 0 Å². The number of hydrogen-bond donors (Lipinski definition) is 1. The summed E-state index contributed by atoms with van der Waals surface area (Å²) in [5, 5.41) is 7.42. The van der Waals surface area contributed by atoms with Crippen molar-refractivity contribution in [2.45, 2.75) is 6.92 Å². The van der Waals surface area contributed by atoms with E-state index in [1.807, 2.05) is 18.2 Å². The maximum absolute atomic E-state index is 9.00. The molecular weight excluding hydrogens is 153 g/mol. The van der Waals surface area contributed by atoms with E-state index in [-0.39, 0.29) is 29.6 Å². The molecule has 1 heterocycles. The average molecular weight is 163 g/mol. The van der Waals surface area contributed by atoms with Crippen molar-refractivity contribution >= 4 is 35.5 Å². The first-order chi connectivity index (χ1) is 4.73. The first kappa shape index (κ1) is 13.2. The van der Waals surface area contributed by atoms with Gasteiger partial charge in [-0.15, -0.1) is 0 Å². The fraction of sp³-hybridized carbons (Fsp3) is 0.143. The monoisotopic (exact) mass is 163 g/mol. The number of hydrogen-bond acceptors (Lipinski definition) is 2. The Kier molecular flexibility index (Phi) is 11.6. The summed E-state index contributed by atoms with van der Waals surface area (Å²) >= 11 is 0. The van der Waals surface area contributed by atoms with E-state index >= 15 is 0 Å². The molecule has 1 N–H and O–H groups in total. The number of aliphatic carboxylic acids is 1. The third-order valence-corrected chi connectivity index (χ3v) is 0.566. The molecule has 0 atom stereocenters. The van der Waals surface area contributed by atoms with Crippen LogP contribution in [0.4, 0.5) is 0 Å². The van der Waals surface area contributed by atoms with E-state index in [9.17, 15) is 0 Å². The summed E-state index contributed by atoms with van der Waals surface area (Å²) in [5.74, 6) is -0.833. The van der Waals surface area contributed by atoms with E-state index in [0.717, 1.165) is 6.92 Å². The normalized spacial score (nSPS) is 6.64. The molecule has 0 fully saturated rings. The van der Waals surface area contributed by atoms with Crippen molar-refractivity contribution in [1.29, 1.82) is 0 Å². The molecule has 1 aromatic rings. The van der Waals surface area contributed by atoms with Crippen LogP contribution in [-0.2, 0) is 4.79 Å². The smallest absolute Gasteiger partial charge is 0.0267 e. The minimum Gasteiger partial charge on any atom is -0.265 e. The van der Waals surface area contributed by atoms with Gasteiger partial charge in [0, 0.05) is 19.3 Å². The molecule has 0 bridgehead atoms. The Balaban J connectivity index is 0. The van der Waals surface area contributed by atoms with Crippen molar-refractivity contribution < 1.29 is 9.90 Å². The summed E-state index contributed by atoms with van der Waals surface area (Å²) in [6.45, 7) is 1.08. The first-order valence-electron chi connectivity index (χ1n) is 2.78. The van der Waals surface area contributed by atoms with Crippen LogP contribution in [0, 0.1) is 0 Å². The van der Waals surface area contributed by atoms with Crippen LogP contribution in [0.2, 0.25) is 0 Å². The van der Waals surface area contributed by atoms with Crippen molar-refractivity contribution in [2.75, 3.05) is 0 Å². The van der Waals surface area contributed by atoms with E-state index in [1.54, 1.807) is 12.4 Å². The van der Waals surface area contributed by atoms with Crippen LogP contribution in [0.3, 0.4) is 0 Å². The molecule has 56 valence electrons. The van der Waals surface area contributed by atoms with Crippen molar-refractivity contribution in [3.8, 4) is 0 Å². The summed E-state index contributed by atoms with van der Waals surface area (Å²) in [5.41, 5.74) is 0. The van der Waals surface area contributed by atoms with Gasteiger partial charge in [0.1, 0.15) is 0 Å². The minimum absolute atomic E-state index is 0. The summed E-state index contributed by atoms with van der Waals surface area (Å²) in [6, 6.07) is 5.72. The Labute approximate surface area is 87.8 Å². The maximum atomic E-state index is 9.00. The van der Waals surface area contributed by atoms with Gasteiger partial charge >= 0.3 is 29.6 Å². The number of pyridine rings is 1. The Morgan fingerprint density at radius 3 is 1.73 bits per heavy atom. The van der Waals surface area contributed by atoms with Crippen LogP contribution in [0.1, 0.15) is 6.92 Å². The molecule has 3 nitrogen and oxygen atoms in total. The van der Waals surface area contributed by atoms with Gasteiger partial charge in [0.15, 0.2) is 0 Å². The second-order valence-corrected chi connectivity index (χ2v) is 1.54. The van der Waals surface area contributed by atoms with Crippen LogP contribution < -0.4 is 0 Å². The molecule has 0 spiro atoms. The quantitative estimate of drug-likeness (QED) is 0.567. The van der Waals surface area contributed by atoms with Crippen molar-refractivity contribution in [3.63, 3.8) is 0 Å². The zero-order valence-corrected chi connectivity index (χ0v) is 5.69. The van der Waals surface area contributed by atoms with Crippen LogP contribution in [0.15, 0.2) is 30.6 Å². The zero-order chi connectivity index (χ0) is 7.82. The van der Waals surface area contributed by atoms with E-state index in [2.05, 4.69) is 4.98 Å². The van der Waals surface area contributed by atoms with Crippen molar-refractivity contribution in [2.24, 2.45) is 0 Å². The Bertz CT molecular complexity index is 148. The molecule has 1 aromatic heterocycles. The van der Waals surface area contributed by atoms with Gasteiger partial charge in [-0.1, -0.05) is 6.07 Å². The van der Waals surface area contributed by atoms with E-state index in [4.69, 9.17) is 9.90 Å². The van der Waals surface area contributed by atoms with Gasteiger partial charge in [-0.2, -0.15) is 0 Å². The number of aromatic nitrogens is 1. The predicted molar refractivity (Wildman–Crippen MR) is 44.7 cm³/mol. The fourth-order valence-corrected chi connectivity index (χ4v) is 0.313. The van der Waals surface area contributed by atoms with Gasteiger partial charge in [0.2, 0.25) is 0 Å². The summed E-state index contributed by atoms with van der Waals surface area (Å²) in [7, 11) is 0. The van der Waals surface area contributed by atoms with Crippen molar-refractivity contribution in [3.05, 3.63) is 30.6 Å². The van der Waals surface area contributed by atoms with E-state index < -0.39 is 5.97 Å². The van der Waals surface area contributed by atoms with Gasteiger partial charge in [-0.25, -0.2) is 0 Å². The Hall–Kier alpha value is -0.380. The molecule has 0 saturated heterocycles. The van der Waals surface area contributed by atoms with E-state index in [1.165, 1.54) is 0 Å². The first-order valence-corrected chi connectivity index (χ1v) is 2.78. The maximum Gasteiger partial charge on any atom is 0.0267 e. The standard InChI is InChI=1S/C5H5N.C2H4O2.Na.H/c1-2-4-6-5-3-1;1-2(3)4;;/h1-5H;1H3,(H,3,4);;. The summed E-state index contributed by atoms with van der Waals surface area (Å²) in [6.07, 6.45) is 3.50. The Morgan fingerprint density at radius 2 is 1.64 bits per heavy atom. The molecular formula is C7H10NNaO2. The molecule has 0 aliphatic carbocycles. The molecule has 0 saturated carbocycles. The summed E-state index contributed by atoms with van der Waals surface area (Å²) < 4.78 is 0. The SMILES string of the molecule is CC(=O)O.[NaH].c1ccncc1. The molecule has 0 amide bonds. The molecule has 0 aliphatic rings. The molecule has 4 heteroatoms. The molecule has 0 aromatic carbocycles. The largest absolute Gasteiger partial charge is 0.265 e. The Morgan fingerprint density at radius 1 is 1.27 bits per heavy atom. The van der Waals surface area contributed by atoms with Gasteiger partial charge in [0.25, 0.3) is 5.97 Å². The topological polar surface area (TPSA) is 50.2 Å². The average Bonchev–Trinajstić information content (AvgIpc) is 1.90. The third kappa shape index (κ3) is 17.7.